The highest BCUT2D eigenvalue weighted by Gasteiger charge is 2.13. The number of rotatable bonds is 3. The predicted octanol–water partition coefficient (Wildman–Crippen LogP) is 3.90. The van der Waals surface area contributed by atoms with Gasteiger partial charge in [-0.1, -0.05) is 35.9 Å². The Balaban J connectivity index is 1.79. The molecule has 2 heterocycles. The van der Waals surface area contributed by atoms with Crippen LogP contribution in [0.15, 0.2) is 59.8 Å². The Hall–Kier alpha value is -2.92. The lowest BCUT2D eigenvalue weighted by molar-refractivity contribution is 0.745. The van der Waals surface area contributed by atoms with Gasteiger partial charge in [0.15, 0.2) is 5.65 Å². The average Bonchev–Trinajstić information content (AvgIpc) is 3.06. The van der Waals surface area contributed by atoms with E-state index in [-0.39, 0.29) is 5.56 Å². The highest BCUT2D eigenvalue weighted by Crippen LogP contribution is 2.20. The van der Waals surface area contributed by atoms with Crippen molar-refractivity contribution in [3.05, 3.63) is 87.1 Å². The molecule has 6 heteroatoms. The van der Waals surface area contributed by atoms with Gasteiger partial charge in [0.2, 0.25) is 0 Å². The van der Waals surface area contributed by atoms with Crippen LogP contribution in [0, 0.1) is 13.8 Å². The number of nitrogens with zero attached hydrogens (tertiary/aromatic N) is 4. The van der Waals surface area contributed by atoms with Gasteiger partial charge in [0.05, 0.1) is 18.4 Å². The van der Waals surface area contributed by atoms with Gasteiger partial charge in [-0.25, -0.2) is 9.67 Å². The quantitative estimate of drug-likeness (QED) is 0.554. The monoisotopic (exact) mass is 364 g/mol. The molecule has 4 rings (SSSR count). The molecule has 0 aliphatic rings. The number of benzene rings is 2. The molecule has 0 aliphatic carbocycles. The second-order valence-corrected chi connectivity index (χ2v) is 6.75. The summed E-state index contributed by atoms with van der Waals surface area (Å²) in [6.07, 6.45) is 3.16. The SMILES string of the molecule is Cc1cccc(-n2ncc3c(=O)n(Cc4ccc(Cl)cc4)cnc32)c1C. The van der Waals surface area contributed by atoms with Crippen LogP contribution in [-0.2, 0) is 6.54 Å². The minimum atomic E-state index is -0.110. The van der Waals surface area contributed by atoms with E-state index in [0.717, 1.165) is 16.8 Å². The smallest absolute Gasteiger partial charge is 0.264 e. The number of hydrogen-bond donors (Lipinski definition) is 0. The molecule has 0 fully saturated rings. The van der Waals surface area contributed by atoms with Crippen molar-refractivity contribution in [3.8, 4) is 5.69 Å². The molecule has 0 atom stereocenters. The highest BCUT2D eigenvalue weighted by molar-refractivity contribution is 6.30. The van der Waals surface area contributed by atoms with Gasteiger partial charge in [0.1, 0.15) is 11.7 Å². The Morgan fingerprint density at radius 3 is 2.62 bits per heavy atom. The maximum atomic E-state index is 12.8. The van der Waals surface area contributed by atoms with Crippen molar-refractivity contribution in [1.82, 2.24) is 19.3 Å². The van der Waals surface area contributed by atoms with E-state index in [4.69, 9.17) is 11.6 Å². The fourth-order valence-electron chi connectivity index (χ4n) is 2.99. The molecule has 26 heavy (non-hydrogen) atoms. The lowest BCUT2D eigenvalue weighted by Crippen LogP contribution is -2.21. The van der Waals surface area contributed by atoms with Gasteiger partial charge in [-0.15, -0.1) is 0 Å². The van der Waals surface area contributed by atoms with Gasteiger partial charge in [0, 0.05) is 5.02 Å². The lowest BCUT2D eigenvalue weighted by Gasteiger charge is -2.10. The average molecular weight is 365 g/mol. The third-order valence-electron chi connectivity index (χ3n) is 4.62. The summed E-state index contributed by atoms with van der Waals surface area (Å²) in [6.45, 7) is 4.53. The van der Waals surface area contributed by atoms with E-state index in [2.05, 4.69) is 23.1 Å². The van der Waals surface area contributed by atoms with E-state index in [1.54, 1.807) is 21.8 Å². The predicted molar refractivity (Wildman–Crippen MR) is 103 cm³/mol. The normalized spacial score (nSPS) is 11.2. The molecule has 130 valence electrons. The molecule has 0 N–H and O–H groups in total. The minimum Gasteiger partial charge on any atom is -0.294 e. The van der Waals surface area contributed by atoms with Crippen LogP contribution in [0.25, 0.3) is 16.7 Å². The number of aryl methyl sites for hydroxylation is 1. The van der Waals surface area contributed by atoms with E-state index in [0.29, 0.717) is 22.6 Å². The highest BCUT2D eigenvalue weighted by atomic mass is 35.5. The molecule has 4 aromatic rings. The molecule has 0 saturated heterocycles. The summed E-state index contributed by atoms with van der Waals surface area (Å²) in [7, 11) is 0. The fraction of sp³-hybridized carbons (Fsp3) is 0.150. The van der Waals surface area contributed by atoms with E-state index in [1.165, 1.54) is 5.56 Å². The summed E-state index contributed by atoms with van der Waals surface area (Å²) in [5.74, 6) is 0. The molecule has 0 bridgehead atoms. The Bertz CT molecular complexity index is 1160. The van der Waals surface area contributed by atoms with E-state index in [1.807, 2.05) is 43.3 Å². The largest absolute Gasteiger partial charge is 0.294 e. The molecule has 0 saturated carbocycles. The van der Waals surface area contributed by atoms with Gasteiger partial charge in [-0.05, 0) is 48.7 Å². The third kappa shape index (κ3) is 2.80. The van der Waals surface area contributed by atoms with Crippen LogP contribution in [-0.4, -0.2) is 19.3 Å². The molecule has 0 spiro atoms. The number of halogens is 1. The molecule has 0 radical (unpaired) electrons. The van der Waals surface area contributed by atoms with Crippen LogP contribution in [0.2, 0.25) is 5.02 Å². The lowest BCUT2D eigenvalue weighted by atomic mass is 10.1. The standard InChI is InChI=1S/C20H17ClN4O/c1-13-4-3-5-18(14(13)2)25-19-17(10-23-25)20(26)24(12-22-19)11-15-6-8-16(21)9-7-15/h3-10,12H,11H2,1-2H3. The summed E-state index contributed by atoms with van der Waals surface area (Å²) < 4.78 is 3.31. The molecular formula is C20H17ClN4O. The van der Waals surface area contributed by atoms with Gasteiger partial charge in [-0.3, -0.25) is 9.36 Å². The fourth-order valence-corrected chi connectivity index (χ4v) is 3.12. The van der Waals surface area contributed by atoms with E-state index in [9.17, 15) is 4.79 Å². The van der Waals surface area contributed by atoms with E-state index < -0.39 is 0 Å². The first kappa shape index (κ1) is 16.5. The second kappa shape index (κ2) is 6.42. The topological polar surface area (TPSA) is 52.7 Å². The first-order valence-electron chi connectivity index (χ1n) is 8.29. The van der Waals surface area contributed by atoms with Crippen molar-refractivity contribution in [3.63, 3.8) is 0 Å². The van der Waals surface area contributed by atoms with Gasteiger partial charge in [0.25, 0.3) is 5.56 Å². The zero-order chi connectivity index (χ0) is 18.3. The maximum Gasteiger partial charge on any atom is 0.264 e. The summed E-state index contributed by atoms with van der Waals surface area (Å²) in [5, 5.41) is 5.58. The Morgan fingerprint density at radius 1 is 1.08 bits per heavy atom. The number of fused-ring (bicyclic) bond motifs is 1. The maximum absolute atomic E-state index is 12.8. The van der Waals surface area contributed by atoms with Crippen LogP contribution in [0.4, 0.5) is 0 Å². The van der Waals surface area contributed by atoms with Crippen LogP contribution in [0.1, 0.15) is 16.7 Å². The van der Waals surface area contributed by atoms with Crippen LogP contribution in [0.3, 0.4) is 0 Å². The summed E-state index contributed by atoms with van der Waals surface area (Å²) >= 11 is 5.92. The minimum absolute atomic E-state index is 0.110. The van der Waals surface area contributed by atoms with Gasteiger partial charge in [-0.2, -0.15) is 5.10 Å². The van der Waals surface area contributed by atoms with Crippen LogP contribution < -0.4 is 5.56 Å². The van der Waals surface area contributed by atoms with Crippen molar-refractivity contribution in [1.29, 1.82) is 0 Å². The first-order chi connectivity index (χ1) is 12.5. The molecule has 0 unspecified atom stereocenters. The zero-order valence-corrected chi connectivity index (χ0v) is 15.2. The van der Waals surface area contributed by atoms with Crippen LogP contribution in [0.5, 0.6) is 0 Å². The van der Waals surface area contributed by atoms with Gasteiger partial charge >= 0.3 is 0 Å². The molecule has 2 aromatic carbocycles. The number of aromatic nitrogens is 4. The summed E-state index contributed by atoms with van der Waals surface area (Å²) in [6, 6.07) is 13.4. The summed E-state index contributed by atoms with van der Waals surface area (Å²) in [5.41, 5.74) is 4.66. The second-order valence-electron chi connectivity index (χ2n) is 6.32. The first-order valence-corrected chi connectivity index (χ1v) is 8.66. The molecule has 2 aromatic heterocycles. The van der Waals surface area contributed by atoms with E-state index >= 15 is 0 Å². The van der Waals surface area contributed by atoms with Crippen LogP contribution >= 0.6 is 11.6 Å². The molecular weight excluding hydrogens is 348 g/mol. The molecule has 5 nitrogen and oxygen atoms in total. The molecule has 0 aliphatic heterocycles. The Morgan fingerprint density at radius 2 is 1.85 bits per heavy atom. The van der Waals surface area contributed by atoms with Crippen molar-refractivity contribution in [2.45, 2.75) is 20.4 Å². The van der Waals surface area contributed by atoms with Crippen molar-refractivity contribution >= 4 is 22.6 Å². The summed E-state index contributed by atoms with van der Waals surface area (Å²) in [4.78, 5) is 17.3. The molecule has 0 amide bonds. The zero-order valence-electron chi connectivity index (χ0n) is 14.5. The van der Waals surface area contributed by atoms with Gasteiger partial charge < -0.3 is 0 Å². The van der Waals surface area contributed by atoms with Crippen molar-refractivity contribution in [2.75, 3.05) is 0 Å². The van der Waals surface area contributed by atoms with Crippen molar-refractivity contribution < 1.29 is 0 Å². The van der Waals surface area contributed by atoms with Crippen molar-refractivity contribution in [2.24, 2.45) is 0 Å². The number of hydrogen-bond acceptors (Lipinski definition) is 3. The Labute approximate surface area is 155 Å². The third-order valence-corrected chi connectivity index (χ3v) is 4.88. The Kier molecular flexibility index (Phi) is 4.09.